The van der Waals surface area contributed by atoms with Crippen LogP contribution < -0.4 is 4.90 Å². The molecule has 0 N–H and O–H groups in total. The second-order valence-corrected chi connectivity index (χ2v) is 4.75. The number of nitrogens with zero attached hydrogens (tertiary/aromatic N) is 2. The summed E-state index contributed by atoms with van der Waals surface area (Å²) in [5.74, 6) is -0.300. The van der Waals surface area contributed by atoms with E-state index in [1.54, 1.807) is 6.07 Å². The molecule has 1 aliphatic heterocycles. The molecule has 18 heavy (non-hydrogen) atoms. The quantitative estimate of drug-likeness (QED) is 0.779. The first-order valence-corrected chi connectivity index (χ1v) is 6.08. The summed E-state index contributed by atoms with van der Waals surface area (Å²) in [6, 6.07) is 5.12. The van der Waals surface area contributed by atoms with Crippen molar-refractivity contribution in [3.8, 4) is 0 Å². The van der Waals surface area contributed by atoms with Crippen LogP contribution in [0.4, 0.5) is 10.4 Å². The molecule has 0 aliphatic carbocycles. The molecule has 1 aromatic carbocycles. The van der Waals surface area contributed by atoms with Gasteiger partial charge in [0, 0.05) is 12.6 Å². The average molecular weight is 250 g/mol. The van der Waals surface area contributed by atoms with Crippen molar-refractivity contribution in [1.82, 2.24) is 4.98 Å². The number of hydrogen-bond acceptors (Lipinski definition) is 4. The Morgan fingerprint density at radius 3 is 3.06 bits per heavy atom. The Morgan fingerprint density at radius 1 is 1.39 bits per heavy atom. The molecule has 1 aliphatic rings. The van der Waals surface area contributed by atoms with E-state index in [0.29, 0.717) is 23.7 Å². The van der Waals surface area contributed by atoms with E-state index in [0.717, 1.165) is 6.54 Å². The number of anilines is 1. The number of rotatable bonds is 1. The van der Waals surface area contributed by atoms with E-state index in [4.69, 9.17) is 9.15 Å². The topological polar surface area (TPSA) is 38.5 Å². The van der Waals surface area contributed by atoms with Crippen LogP contribution in [0.25, 0.3) is 11.1 Å². The fraction of sp³-hybridized carbons (Fsp3) is 0.462. The number of ether oxygens (including phenoxy) is 1. The highest BCUT2D eigenvalue weighted by atomic mass is 19.1. The molecule has 0 amide bonds. The molecule has 2 heterocycles. The largest absolute Gasteiger partial charge is 0.423 e. The van der Waals surface area contributed by atoms with Gasteiger partial charge in [-0.1, -0.05) is 0 Å². The average Bonchev–Trinajstić information content (AvgIpc) is 2.74. The Labute approximate surface area is 104 Å². The number of halogens is 1. The molecular formula is C13H15FN2O2. The molecular weight excluding hydrogens is 235 g/mol. The summed E-state index contributed by atoms with van der Waals surface area (Å²) >= 11 is 0. The van der Waals surface area contributed by atoms with Crippen molar-refractivity contribution >= 4 is 17.1 Å². The van der Waals surface area contributed by atoms with Crippen LogP contribution >= 0.6 is 0 Å². The zero-order chi connectivity index (χ0) is 12.7. The minimum Gasteiger partial charge on any atom is -0.423 e. The van der Waals surface area contributed by atoms with Gasteiger partial charge in [-0.15, -0.1) is 0 Å². The maximum Gasteiger partial charge on any atom is 0.298 e. The normalized spacial score (nSPS) is 24.7. The van der Waals surface area contributed by atoms with Gasteiger partial charge < -0.3 is 14.1 Å². The monoisotopic (exact) mass is 250 g/mol. The smallest absolute Gasteiger partial charge is 0.298 e. The van der Waals surface area contributed by atoms with Gasteiger partial charge in [0.2, 0.25) is 0 Å². The van der Waals surface area contributed by atoms with Crippen LogP contribution in [0.3, 0.4) is 0 Å². The van der Waals surface area contributed by atoms with Crippen LogP contribution in [0.1, 0.15) is 13.8 Å². The number of benzene rings is 1. The van der Waals surface area contributed by atoms with Gasteiger partial charge in [-0.05, 0) is 26.0 Å². The van der Waals surface area contributed by atoms with E-state index in [1.807, 2.05) is 6.92 Å². The summed E-state index contributed by atoms with van der Waals surface area (Å²) in [7, 11) is 0. The summed E-state index contributed by atoms with van der Waals surface area (Å²) in [5, 5.41) is 0. The number of morpholine rings is 1. The van der Waals surface area contributed by atoms with Crippen LogP contribution in [-0.2, 0) is 4.74 Å². The molecule has 2 atom stereocenters. The molecule has 2 aromatic rings. The predicted molar refractivity (Wildman–Crippen MR) is 66.2 cm³/mol. The predicted octanol–water partition coefficient (Wildman–Crippen LogP) is 2.58. The molecule has 0 spiro atoms. The van der Waals surface area contributed by atoms with Gasteiger partial charge >= 0.3 is 0 Å². The molecule has 0 bridgehead atoms. The molecule has 96 valence electrons. The second-order valence-electron chi connectivity index (χ2n) is 4.75. The molecule has 0 saturated carbocycles. The van der Waals surface area contributed by atoms with Crippen molar-refractivity contribution in [1.29, 1.82) is 0 Å². The second kappa shape index (κ2) is 4.24. The van der Waals surface area contributed by atoms with E-state index in [9.17, 15) is 4.39 Å². The summed E-state index contributed by atoms with van der Waals surface area (Å²) in [6.45, 7) is 5.45. The first-order chi connectivity index (χ1) is 8.63. The van der Waals surface area contributed by atoms with Crippen LogP contribution in [0.2, 0.25) is 0 Å². The summed E-state index contributed by atoms with van der Waals surface area (Å²) in [5.41, 5.74) is 1.16. The summed E-state index contributed by atoms with van der Waals surface area (Å²) < 4.78 is 24.3. The fourth-order valence-corrected chi connectivity index (χ4v) is 2.18. The van der Waals surface area contributed by atoms with Gasteiger partial charge in [0.05, 0.1) is 18.8 Å². The SMILES string of the molecule is C[C@@H]1CO[C@@H](C)CN1c1nc2cc(F)ccc2o1. The van der Waals surface area contributed by atoms with Crippen molar-refractivity contribution in [2.75, 3.05) is 18.1 Å². The van der Waals surface area contributed by atoms with Crippen molar-refractivity contribution in [3.05, 3.63) is 24.0 Å². The van der Waals surface area contributed by atoms with Crippen LogP contribution in [0.5, 0.6) is 0 Å². The van der Waals surface area contributed by atoms with Gasteiger partial charge in [0.25, 0.3) is 6.01 Å². The Morgan fingerprint density at radius 2 is 2.22 bits per heavy atom. The van der Waals surface area contributed by atoms with Crippen LogP contribution in [0, 0.1) is 5.82 Å². The van der Waals surface area contributed by atoms with Crippen LogP contribution in [0.15, 0.2) is 22.6 Å². The summed E-state index contributed by atoms with van der Waals surface area (Å²) in [6.07, 6.45) is 0.146. The summed E-state index contributed by atoms with van der Waals surface area (Å²) in [4.78, 5) is 6.41. The van der Waals surface area contributed by atoms with Crippen molar-refractivity contribution in [2.24, 2.45) is 0 Å². The maximum atomic E-state index is 13.1. The van der Waals surface area contributed by atoms with Gasteiger partial charge in [-0.2, -0.15) is 4.98 Å². The Hall–Kier alpha value is -1.62. The lowest BCUT2D eigenvalue weighted by Gasteiger charge is -2.35. The number of hydrogen-bond donors (Lipinski definition) is 0. The van der Waals surface area contributed by atoms with Crippen LogP contribution in [-0.4, -0.2) is 30.3 Å². The first kappa shape index (κ1) is 11.5. The minimum absolute atomic E-state index is 0.146. The molecule has 1 saturated heterocycles. The van der Waals surface area contributed by atoms with E-state index in [2.05, 4.69) is 16.8 Å². The van der Waals surface area contributed by atoms with Crippen molar-refractivity contribution < 1.29 is 13.5 Å². The van der Waals surface area contributed by atoms with E-state index in [-0.39, 0.29) is 18.0 Å². The first-order valence-electron chi connectivity index (χ1n) is 6.08. The lowest BCUT2D eigenvalue weighted by atomic mass is 10.2. The van der Waals surface area contributed by atoms with E-state index < -0.39 is 0 Å². The van der Waals surface area contributed by atoms with Gasteiger partial charge in [0.15, 0.2) is 5.58 Å². The Balaban J connectivity index is 1.97. The van der Waals surface area contributed by atoms with Crippen molar-refractivity contribution in [2.45, 2.75) is 26.0 Å². The molecule has 0 unspecified atom stereocenters. The van der Waals surface area contributed by atoms with Gasteiger partial charge in [0.1, 0.15) is 11.3 Å². The highest BCUT2D eigenvalue weighted by molar-refractivity contribution is 5.74. The third kappa shape index (κ3) is 1.95. The zero-order valence-electron chi connectivity index (χ0n) is 10.4. The molecule has 1 fully saturated rings. The number of oxazole rings is 1. The molecule has 5 heteroatoms. The third-order valence-corrected chi connectivity index (χ3v) is 3.19. The van der Waals surface area contributed by atoms with Gasteiger partial charge in [-0.3, -0.25) is 0 Å². The molecule has 3 rings (SSSR count). The van der Waals surface area contributed by atoms with Gasteiger partial charge in [-0.25, -0.2) is 4.39 Å². The van der Waals surface area contributed by atoms with Crippen molar-refractivity contribution in [3.63, 3.8) is 0 Å². The zero-order valence-corrected chi connectivity index (χ0v) is 10.4. The highest BCUT2D eigenvalue weighted by Crippen LogP contribution is 2.26. The molecule has 0 radical (unpaired) electrons. The van der Waals surface area contributed by atoms with E-state index in [1.165, 1.54) is 12.1 Å². The fourth-order valence-electron chi connectivity index (χ4n) is 2.18. The highest BCUT2D eigenvalue weighted by Gasteiger charge is 2.27. The lowest BCUT2D eigenvalue weighted by Crippen LogP contribution is -2.47. The number of aromatic nitrogens is 1. The molecule has 1 aromatic heterocycles. The standard InChI is InChI=1S/C13H15FN2O2/c1-8-7-17-9(2)6-16(8)13-15-11-5-10(14)3-4-12(11)18-13/h3-5,8-9H,6-7H2,1-2H3/t8-,9+/m1/s1. The minimum atomic E-state index is -0.300. The van der Waals surface area contributed by atoms with E-state index >= 15 is 0 Å². The Bertz CT molecular complexity index is 569. The lowest BCUT2D eigenvalue weighted by molar-refractivity contribution is 0.0324. The number of fused-ring (bicyclic) bond motifs is 1. The maximum absolute atomic E-state index is 13.1. The Kier molecular flexibility index (Phi) is 2.70. The molecule has 4 nitrogen and oxygen atoms in total. The third-order valence-electron chi connectivity index (χ3n) is 3.19.